The van der Waals surface area contributed by atoms with Crippen LogP contribution in [0.15, 0.2) is 41.7 Å². The van der Waals surface area contributed by atoms with Crippen molar-refractivity contribution in [3.05, 3.63) is 48.1 Å². The Labute approximate surface area is 171 Å². The lowest BCUT2D eigenvalue weighted by Gasteiger charge is -2.26. The third-order valence-electron chi connectivity index (χ3n) is 5.26. The highest BCUT2D eigenvalue weighted by Gasteiger charge is 2.44. The van der Waals surface area contributed by atoms with Crippen LogP contribution < -0.4 is 10.3 Å². The van der Waals surface area contributed by atoms with E-state index in [4.69, 9.17) is 9.47 Å². The van der Waals surface area contributed by atoms with Gasteiger partial charge in [0.2, 0.25) is 0 Å². The number of rotatable bonds is 4. The van der Waals surface area contributed by atoms with Crippen molar-refractivity contribution < 1.29 is 24.1 Å². The van der Waals surface area contributed by atoms with Crippen LogP contribution in [0.25, 0.3) is 0 Å². The van der Waals surface area contributed by atoms with Crippen LogP contribution in [0.3, 0.4) is 0 Å². The highest BCUT2D eigenvalue weighted by molar-refractivity contribution is 5.72. The first-order chi connectivity index (χ1) is 14.5. The van der Waals surface area contributed by atoms with Gasteiger partial charge in [-0.3, -0.25) is 15.3 Å². The molecule has 0 unspecified atom stereocenters. The van der Waals surface area contributed by atoms with E-state index in [-0.39, 0.29) is 5.82 Å². The lowest BCUT2D eigenvalue weighted by Crippen LogP contribution is -2.32. The third kappa shape index (κ3) is 3.16. The largest absolute Gasteiger partial charge is 0.479 e. The maximum atomic E-state index is 13.2. The van der Waals surface area contributed by atoms with Gasteiger partial charge in [0.1, 0.15) is 30.6 Å². The number of hydrazine groups is 1. The monoisotopic (exact) mass is 416 g/mol. The Bertz CT molecular complexity index is 994. The van der Waals surface area contributed by atoms with Gasteiger partial charge in [-0.2, -0.15) is 0 Å². The van der Waals surface area contributed by atoms with Crippen LogP contribution in [-0.4, -0.2) is 56.4 Å². The minimum Gasteiger partial charge on any atom is -0.479 e. The van der Waals surface area contributed by atoms with Crippen LogP contribution in [0.5, 0.6) is 0 Å². The zero-order chi connectivity index (χ0) is 20.8. The lowest BCUT2D eigenvalue weighted by atomic mass is 10.1. The van der Waals surface area contributed by atoms with Crippen molar-refractivity contribution in [1.82, 2.24) is 14.8 Å². The summed E-state index contributed by atoms with van der Waals surface area (Å²) < 4.78 is 25.7. The van der Waals surface area contributed by atoms with Gasteiger partial charge in [0.15, 0.2) is 24.6 Å². The molecule has 1 aromatic heterocycles. The number of anilines is 2. The molecule has 4 atom stereocenters. The van der Waals surface area contributed by atoms with Crippen LogP contribution in [0.1, 0.15) is 18.7 Å². The number of aliphatic hydroxyl groups is 2. The maximum Gasteiger partial charge on any atom is 0.181 e. The Hall–Kier alpha value is -3.15. The molecule has 1 saturated heterocycles. The first-order valence-corrected chi connectivity index (χ1v) is 9.52. The van der Waals surface area contributed by atoms with Crippen LogP contribution in [0.2, 0.25) is 0 Å². The van der Waals surface area contributed by atoms with E-state index >= 15 is 0 Å². The van der Waals surface area contributed by atoms with E-state index in [9.17, 15) is 14.6 Å². The molecule has 1 aromatic carbocycles. The maximum absolute atomic E-state index is 13.2. The van der Waals surface area contributed by atoms with Gasteiger partial charge in [-0.15, -0.1) is 5.10 Å². The van der Waals surface area contributed by atoms with E-state index in [2.05, 4.69) is 15.5 Å². The van der Waals surface area contributed by atoms with Gasteiger partial charge in [0.05, 0.1) is 23.9 Å². The van der Waals surface area contributed by atoms with Crippen molar-refractivity contribution >= 4 is 23.7 Å². The number of benzene rings is 1. The van der Waals surface area contributed by atoms with Crippen molar-refractivity contribution in [2.45, 2.75) is 38.0 Å². The Morgan fingerprint density at radius 2 is 2.00 bits per heavy atom. The number of halogens is 1. The summed E-state index contributed by atoms with van der Waals surface area (Å²) in [5.74, 6) is 0.810. The second-order valence-electron chi connectivity index (χ2n) is 7.33. The van der Waals surface area contributed by atoms with E-state index in [1.165, 1.54) is 16.8 Å². The highest BCUT2D eigenvalue weighted by Crippen LogP contribution is 2.39. The molecule has 3 aliphatic heterocycles. The second-order valence-corrected chi connectivity index (χ2v) is 7.33. The number of hydrogen-bond donors (Lipinski definition) is 3. The van der Waals surface area contributed by atoms with Crippen molar-refractivity contribution in [1.29, 1.82) is 0 Å². The number of hydrogen-bond acceptors (Lipinski definition) is 9. The summed E-state index contributed by atoms with van der Waals surface area (Å²) >= 11 is 0. The van der Waals surface area contributed by atoms with Crippen molar-refractivity contribution in [3.63, 3.8) is 0 Å². The molecular weight excluding hydrogens is 395 g/mol. The van der Waals surface area contributed by atoms with E-state index < -0.39 is 24.5 Å². The average molecular weight is 416 g/mol. The van der Waals surface area contributed by atoms with Crippen molar-refractivity contribution in [2.24, 2.45) is 4.99 Å². The van der Waals surface area contributed by atoms with Crippen molar-refractivity contribution in [3.8, 4) is 0 Å². The molecule has 2 aromatic rings. The first-order valence-electron chi connectivity index (χ1n) is 9.52. The molecule has 4 heterocycles. The molecule has 11 heteroatoms. The highest BCUT2D eigenvalue weighted by atomic mass is 19.1. The predicted molar refractivity (Wildman–Crippen MR) is 105 cm³/mol. The quantitative estimate of drug-likeness (QED) is 0.687. The Balaban J connectivity index is 1.47. The predicted octanol–water partition coefficient (Wildman–Crippen LogP) is 1.43. The second kappa shape index (κ2) is 7.27. The summed E-state index contributed by atoms with van der Waals surface area (Å²) in [6.07, 6.45) is 1.37. The van der Waals surface area contributed by atoms with E-state index in [0.29, 0.717) is 30.6 Å². The first kappa shape index (κ1) is 18.9. The van der Waals surface area contributed by atoms with Crippen LogP contribution in [-0.2, 0) is 16.0 Å². The number of ether oxygens (including phenoxy) is 2. The molecule has 0 spiro atoms. The number of fused-ring (bicyclic) bond motifs is 1. The van der Waals surface area contributed by atoms with Gasteiger partial charge in [-0.1, -0.05) is 0 Å². The van der Waals surface area contributed by atoms with E-state index in [0.717, 1.165) is 5.56 Å². The Kier molecular flexibility index (Phi) is 4.57. The molecule has 5 rings (SSSR count). The molecule has 30 heavy (non-hydrogen) atoms. The summed E-state index contributed by atoms with van der Waals surface area (Å²) in [6.45, 7) is 2.39. The molecule has 3 N–H and O–H groups in total. The minimum absolute atomic E-state index is 0.297. The molecule has 0 aliphatic carbocycles. The minimum atomic E-state index is -1.13. The molecule has 0 bridgehead atoms. The fourth-order valence-corrected chi connectivity index (χ4v) is 3.67. The molecule has 0 saturated carbocycles. The van der Waals surface area contributed by atoms with Gasteiger partial charge < -0.3 is 19.7 Å². The summed E-state index contributed by atoms with van der Waals surface area (Å²) in [5, 5.41) is 26.9. The fourth-order valence-electron chi connectivity index (χ4n) is 3.67. The number of nitrogens with one attached hydrogen (secondary N) is 1. The fraction of sp³-hybridized carbons (Fsp3) is 0.368. The molecule has 0 radical (unpaired) electrons. The summed E-state index contributed by atoms with van der Waals surface area (Å²) in [6, 6.07) is 6.00. The SMILES string of the molecule is C[C@H]1O[C@@H](n2nc(N3C=COC3)c3c2N=CN(Nc2ccc(F)cc2)C3)[C@H](O)[C@@H]1O. The molecule has 0 amide bonds. The smallest absolute Gasteiger partial charge is 0.181 e. The number of aliphatic imine (C=N–C) groups is 1. The summed E-state index contributed by atoms with van der Waals surface area (Å²) in [7, 11) is 0. The van der Waals surface area contributed by atoms with Crippen LogP contribution in [0, 0.1) is 5.82 Å². The van der Waals surface area contributed by atoms with Gasteiger partial charge >= 0.3 is 0 Å². The molecule has 3 aliphatic rings. The van der Waals surface area contributed by atoms with Crippen molar-refractivity contribution in [2.75, 3.05) is 17.1 Å². The van der Waals surface area contributed by atoms with Gasteiger partial charge in [0, 0.05) is 6.20 Å². The topological polar surface area (TPSA) is 108 Å². The van der Waals surface area contributed by atoms with E-state index in [1.54, 1.807) is 42.9 Å². The summed E-state index contributed by atoms with van der Waals surface area (Å²) in [5.41, 5.74) is 4.65. The Morgan fingerprint density at radius 3 is 2.67 bits per heavy atom. The zero-order valence-electron chi connectivity index (χ0n) is 16.1. The van der Waals surface area contributed by atoms with Gasteiger partial charge in [0.25, 0.3) is 0 Å². The van der Waals surface area contributed by atoms with E-state index in [1.807, 2.05) is 4.90 Å². The van der Waals surface area contributed by atoms with Gasteiger partial charge in [-0.05, 0) is 31.2 Å². The zero-order valence-corrected chi connectivity index (χ0v) is 16.1. The molecule has 10 nitrogen and oxygen atoms in total. The normalized spacial score (nSPS) is 27.5. The Morgan fingerprint density at radius 1 is 1.20 bits per heavy atom. The molecular formula is C19H21FN6O4. The number of aromatic nitrogens is 2. The molecule has 158 valence electrons. The summed E-state index contributed by atoms with van der Waals surface area (Å²) in [4.78, 5) is 6.32. The number of nitrogens with zero attached hydrogens (tertiary/aromatic N) is 5. The standard InChI is InChI=1S/C19H21FN6O4/c1-11-15(27)16(28)19(30-11)26-17-14(18(23-26)24-6-7-29-10-24)8-25(9-21-17)22-13-4-2-12(20)3-5-13/h2-7,9,11,15-16,19,22,27-28H,8,10H2,1H3/t11-,15-,16-,19-/m1/s1. The van der Waals surface area contributed by atoms with Crippen LogP contribution in [0.4, 0.5) is 21.7 Å². The average Bonchev–Trinajstić information content (AvgIpc) is 3.45. The number of aliphatic hydroxyl groups excluding tert-OH is 2. The van der Waals surface area contributed by atoms with Gasteiger partial charge in [-0.25, -0.2) is 14.1 Å². The third-order valence-corrected chi connectivity index (χ3v) is 5.26. The molecule has 1 fully saturated rings. The lowest BCUT2D eigenvalue weighted by molar-refractivity contribution is -0.0384. The van der Waals surface area contributed by atoms with Crippen LogP contribution >= 0.6 is 0 Å².